The molecular weight excluding hydrogens is 547 g/mol. The maximum atomic E-state index is 14.9. The summed E-state index contributed by atoms with van der Waals surface area (Å²) in [6, 6.07) is 23.3. The van der Waals surface area contributed by atoms with Crippen molar-refractivity contribution in [3.8, 4) is 11.5 Å². The Hall–Kier alpha value is -5.24. The molecule has 0 aromatic heterocycles. The molecule has 4 aromatic rings. The molecule has 0 unspecified atom stereocenters. The number of benzene rings is 4. The van der Waals surface area contributed by atoms with Gasteiger partial charge in [0, 0.05) is 17.5 Å². The Kier molecular flexibility index (Phi) is 6.16. The molecule has 0 radical (unpaired) electrons. The largest absolute Gasteiger partial charge is 0.497 e. The molecule has 43 heavy (non-hydrogen) atoms. The molecule has 1 fully saturated rings. The van der Waals surface area contributed by atoms with Crippen LogP contribution in [0.1, 0.15) is 43.4 Å². The third-order valence-electron chi connectivity index (χ3n) is 8.92. The highest BCUT2D eigenvalue weighted by atomic mass is 19.1. The number of rotatable bonds is 6. The number of carbonyl (C=O) groups is 3. The summed E-state index contributed by atoms with van der Waals surface area (Å²) in [5.74, 6) is -2.14. The molecule has 3 heterocycles. The SMILES string of the molecule is COc1ccc(OC)c(C(=O)[C@@H]2[C@H](C(=O)c3ccc(F)cc3)[C@]3(C(=O)Nc4ccccc43)[C@H]3c4ccccc4C=CN23)c1. The van der Waals surface area contributed by atoms with Crippen LogP contribution < -0.4 is 14.8 Å². The average Bonchev–Trinajstić information content (AvgIpc) is 3.52. The zero-order chi connectivity index (χ0) is 29.9. The Balaban J connectivity index is 1.54. The molecule has 4 atom stereocenters. The zero-order valence-electron chi connectivity index (χ0n) is 23.4. The highest BCUT2D eigenvalue weighted by molar-refractivity contribution is 6.17. The summed E-state index contributed by atoms with van der Waals surface area (Å²) >= 11 is 0. The second-order valence-corrected chi connectivity index (χ2v) is 10.9. The predicted molar refractivity (Wildman–Crippen MR) is 159 cm³/mol. The molecule has 7 nitrogen and oxygen atoms in total. The topological polar surface area (TPSA) is 84.9 Å². The van der Waals surface area contributed by atoms with Gasteiger partial charge < -0.3 is 19.7 Å². The minimum Gasteiger partial charge on any atom is -0.497 e. The molecule has 4 aromatic carbocycles. The molecule has 1 saturated heterocycles. The fraction of sp³-hybridized carbons (Fsp3) is 0.171. The Morgan fingerprint density at radius 2 is 1.63 bits per heavy atom. The molecule has 7 rings (SSSR count). The molecule has 1 N–H and O–H groups in total. The summed E-state index contributed by atoms with van der Waals surface area (Å²) in [7, 11) is 2.97. The minimum atomic E-state index is -1.49. The monoisotopic (exact) mass is 574 g/mol. The highest BCUT2D eigenvalue weighted by Gasteiger charge is 2.70. The third-order valence-corrected chi connectivity index (χ3v) is 8.92. The van der Waals surface area contributed by atoms with E-state index in [4.69, 9.17) is 9.47 Å². The number of nitrogens with one attached hydrogen (secondary N) is 1. The van der Waals surface area contributed by atoms with Gasteiger partial charge in [0.1, 0.15) is 28.8 Å². The van der Waals surface area contributed by atoms with Crippen LogP contribution in [0.3, 0.4) is 0 Å². The summed E-state index contributed by atoms with van der Waals surface area (Å²) in [5.41, 5.74) is 1.86. The Morgan fingerprint density at radius 3 is 2.40 bits per heavy atom. The number of ether oxygens (including phenoxy) is 2. The van der Waals surface area contributed by atoms with Crippen molar-refractivity contribution in [2.24, 2.45) is 5.92 Å². The van der Waals surface area contributed by atoms with E-state index in [0.717, 1.165) is 11.1 Å². The first-order chi connectivity index (χ1) is 20.9. The summed E-state index contributed by atoms with van der Waals surface area (Å²) in [4.78, 5) is 46.0. The lowest BCUT2D eigenvalue weighted by Crippen LogP contribution is -2.49. The first-order valence-electron chi connectivity index (χ1n) is 13.9. The molecule has 0 aliphatic carbocycles. The lowest BCUT2D eigenvalue weighted by Gasteiger charge is -2.38. The summed E-state index contributed by atoms with van der Waals surface area (Å²) in [5, 5.41) is 3.02. The van der Waals surface area contributed by atoms with Crippen LogP contribution in [0.4, 0.5) is 10.1 Å². The van der Waals surface area contributed by atoms with Crippen molar-refractivity contribution in [3.05, 3.63) is 131 Å². The van der Waals surface area contributed by atoms with E-state index in [0.29, 0.717) is 22.7 Å². The van der Waals surface area contributed by atoms with Crippen LogP contribution in [-0.2, 0) is 10.2 Å². The molecule has 214 valence electrons. The standard InChI is InChI=1S/C35H27FN2O5/c1-42-23-15-16-28(43-2)25(19-23)32(40)30-29(31(39)21-11-13-22(36)14-12-21)35(26-9-5-6-10-27(26)37-34(35)41)33-24-8-4-3-7-20(24)17-18-38(30)33/h3-19,29-30,33H,1-2H3,(H,37,41)/t29-,30+,33-,35+/m1/s1. The Morgan fingerprint density at radius 1 is 0.884 bits per heavy atom. The zero-order valence-corrected chi connectivity index (χ0v) is 23.4. The molecular formula is C35H27FN2O5. The second-order valence-electron chi connectivity index (χ2n) is 10.9. The van der Waals surface area contributed by atoms with Gasteiger partial charge in [0.15, 0.2) is 11.6 Å². The quantitative estimate of drug-likeness (QED) is 0.292. The number of halogens is 1. The van der Waals surface area contributed by atoms with Crippen molar-refractivity contribution >= 4 is 29.2 Å². The number of nitrogens with zero attached hydrogens (tertiary/aromatic N) is 1. The van der Waals surface area contributed by atoms with Gasteiger partial charge in [0.2, 0.25) is 5.91 Å². The van der Waals surface area contributed by atoms with Gasteiger partial charge in [-0.3, -0.25) is 14.4 Å². The van der Waals surface area contributed by atoms with E-state index in [1.165, 1.54) is 38.5 Å². The molecule has 1 amide bonds. The molecule has 8 heteroatoms. The van der Waals surface area contributed by atoms with Gasteiger partial charge in [-0.05, 0) is 71.3 Å². The number of methoxy groups -OCH3 is 2. The van der Waals surface area contributed by atoms with Crippen molar-refractivity contribution < 1.29 is 28.2 Å². The molecule has 1 spiro atoms. The maximum absolute atomic E-state index is 14.9. The maximum Gasteiger partial charge on any atom is 0.238 e. The lowest BCUT2D eigenvalue weighted by molar-refractivity contribution is -0.122. The summed E-state index contributed by atoms with van der Waals surface area (Å²) in [6.07, 6.45) is 3.70. The lowest BCUT2D eigenvalue weighted by atomic mass is 9.62. The van der Waals surface area contributed by atoms with Crippen LogP contribution in [0.5, 0.6) is 11.5 Å². The van der Waals surface area contributed by atoms with E-state index in [2.05, 4.69) is 5.32 Å². The van der Waals surface area contributed by atoms with E-state index in [-0.39, 0.29) is 17.0 Å². The number of hydrogen-bond donors (Lipinski definition) is 1. The number of fused-ring (bicyclic) bond motifs is 6. The van der Waals surface area contributed by atoms with Gasteiger partial charge in [0.05, 0.1) is 31.7 Å². The summed E-state index contributed by atoms with van der Waals surface area (Å²) < 4.78 is 25.0. The van der Waals surface area contributed by atoms with Crippen molar-refractivity contribution in [2.75, 3.05) is 19.5 Å². The van der Waals surface area contributed by atoms with Crippen LogP contribution in [-0.4, -0.2) is 42.6 Å². The number of amides is 1. The first-order valence-corrected chi connectivity index (χ1v) is 13.9. The molecule has 0 saturated carbocycles. The third kappa shape index (κ3) is 3.75. The Bertz CT molecular complexity index is 1830. The van der Waals surface area contributed by atoms with E-state index in [1.807, 2.05) is 53.4 Å². The van der Waals surface area contributed by atoms with E-state index >= 15 is 0 Å². The van der Waals surface area contributed by atoms with Crippen molar-refractivity contribution in [1.82, 2.24) is 4.90 Å². The predicted octanol–water partition coefficient (Wildman–Crippen LogP) is 5.82. The van der Waals surface area contributed by atoms with Gasteiger partial charge in [0.25, 0.3) is 0 Å². The van der Waals surface area contributed by atoms with Gasteiger partial charge >= 0.3 is 0 Å². The van der Waals surface area contributed by atoms with Crippen LogP contribution in [0, 0.1) is 11.7 Å². The number of ketones is 2. The van der Waals surface area contributed by atoms with Gasteiger partial charge in [-0.1, -0.05) is 42.5 Å². The number of Topliss-reactive ketones (excluding diaryl/α,β-unsaturated/α-hetero) is 2. The average molecular weight is 575 g/mol. The van der Waals surface area contributed by atoms with Crippen molar-refractivity contribution in [2.45, 2.75) is 17.5 Å². The highest BCUT2D eigenvalue weighted by Crippen LogP contribution is 2.62. The number of anilines is 1. The van der Waals surface area contributed by atoms with Gasteiger partial charge in [-0.25, -0.2) is 4.39 Å². The Labute approximate surface area is 247 Å². The van der Waals surface area contributed by atoms with E-state index in [9.17, 15) is 18.8 Å². The number of hydrogen-bond acceptors (Lipinski definition) is 6. The smallest absolute Gasteiger partial charge is 0.238 e. The van der Waals surface area contributed by atoms with E-state index < -0.39 is 40.8 Å². The van der Waals surface area contributed by atoms with Gasteiger partial charge in [-0.2, -0.15) is 0 Å². The fourth-order valence-electron chi connectivity index (χ4n) is 7.13. The number of carbonyl (C=O) groups excluding carboxylic acids is 3. The van der Waals surface area contributed by atoms with Crippen LogP contribution >= 0.6 is 0 Å². The normalized spacial score (nSPS) is 22.9. The van der Waals surface area contributed by atoms with Gasteiger partial charge in [-0.15, -0.1) is 0 Å². The molecule has 3 aliphatic rings. The molecule has 0 bridgehead atoms. The second kappa shape index (κ2) is 9.94. The van der Waals surface area contributed by atoms with Crippen LogP contribution in [0.2, 0.25) is 0 Å². The first kappa shape index (κ1) is 26.6. The number of para-hydroxylation sites is 1. The summed E-state index contributed by atoms with van der Waals surface area (Å²) in [6.45, 7) is 0. The van der Waals surface area contributed by atoms with Crippen molar-refractivity contribution in [1.29, 1.82) is 0 Å². The van der Waals surface area contributed by atoms with Crippen molar-refractivity contribution in [3.63, 3.8) is 0 Å². The van der Waals surface area contributed by atoms with Crippen LogP contribution in [0.25, 0.3) is 6.08 Å². The van der Waals surface area contributed by atoms with Crippen LogP contribution in [0.15, 0.2) is 97.2 Å². The van der Waals surface area contributed by atoms with E-state index in [1.54, 1.807) is 30.5 Å². The fourth-order valence-corrected chi connectivity index (χ4v) is 7.13. The molecule has 3 aliphatic heterocycles. The minimum absolute atomic E-state index is 0.204.